The number of nitrogens with one attached hydrogen (secondary N) is 1. The average molecular weight is 280 g/mol. The maximum atomic E-state index is 12.5. The fraction of sp³-hybridized carbons (Fsp3) is 0.500. The molecule has 0 aliphatic carbocycles. The molecule has 1 unspecified atom stereocenters. The summed E-state index contributed by atoms with van der Waals surface area (Å²) in [5.41, 5.74) is -0.413. The molecule has 0 spiro atoms. The molecule has 100 valence electrons. The Hall–Kier alpha value is -0.940. The lowest BCUT2D eigenvalue weighted by molar-refractivity contribution is -0.137. The van der Waals surface area contributed by atoms with Crippen LogP contribution in [0.3, 0.4) is 0 Å². The van der Waals surface area contributed by atoms with E-state index in [1.54, 1.807) is 0 Å². The van der Waals surface area contributed by atoms with Gasteiger partial charge in [-0.25, -0.2) is 0 Å². The molecule has 1 saturated heterocycles. The number of halogens is 4. The minimum atomic E-state index is -4.36. The summed E-state index contributed by atoms with van der Waals surface area (Å²) < 4.78 is 43.0. The minimum Gasteiger partial charge on any atom is -0.381 e. The maximum absolute atomic E-state index is 12.5. The molecule has 0 bridgehead atoms. The van der Waals surface area contributed by atoms with E-state index in [9.17, 15) is 13.2 Å². The molecule has 1 aromatic rings. The topological polar surface area (TPSA) is 21.3 Å². The van der Waals surface area contributed by atoms with Crippen molar-refractivity contribution in [3.8, 4) is 0 Å². The molecule has 1 aliphatic rings. The highest BCUT2D eigenvalue weighted by Crippen LogP contribution is 2.33. The van der Waals surface area contributed by atoms with Crippen LogP contribution in [0.1, 0.15) is 18.4 Å². The summed E-state index contributed by atoms with van der Waals surface area (Å²) >= 11 is 5.86. The molecule has 1 N–H and O–H groups in total. The highest BCUT2D eigenvalue weighted by atomic mass is 35.5. The minimum absolute atomic E-state index is 0.0515. The quantitative estimate of drug-likeness (QED) is 0.904. The van der Waals surface area contributed by atoms with Gasteiger partial charge in [0.25, 0.3) is 0 Å². The van der Waals surface area contributed by atoms with E-state index >= 15 is 0 Å². The highest BCUT2D eigenvalue weighted by molar-refractivity contribution is 6.33. The van der Waals surface area contributed by atoms with Gasteiger partial charge in [-0.2, -0.15) is 13.2 Å². The van der Waals surface area contributed by atoms with Gasteiger partial charge in [-0.3, -0.25) is 0 Å². The number of hydrogen-bond acceptors (Lipinski definition) is 2. The summed E-state index contributed by atoms with van der Waals surface area (Å²) in [6, 6.07) is 3.25. The van der Waals surface area contributed by atoms with Gasteiger partial charge >= 0.3 is 6.18 Å². The monoisotopic (exact) mass is 279 g/mol. The first-order chi connectivity index (χ1) is 8.47. The molecule has 1 atom stereocenters. The van der Waals surface area contributed by atoms with E-state index < -0.39 is 11.7 Å². The van der Waals surface area contributed by atoms with Gasteiger partial charge in [-0.1, -0.05) is 11.6 Å². The average Bonchev–Trinajstić information content (AvgIpc) is 2.79. The van der Waals surface area contributed by atoms with E-state index in [0.717, 1.165) is 25.0 Å². The normalized spacial score (nSPS) is 20.1. The number of benzene rings is 1. The van der Waals surface area contributed by atoms with Crippen molar-refractivity contribution in [1.29, 1.82) is 0 Å². The van der Waals surface area contributed by atoms with Crippen LogP contribution in [0, 0.1) is 0 Å². The zero-order valence-corrected chi connectivity index (χ0v) is 10.3. The van der Waals surface area contributed by atoms with Crippen molar-refractivity contribution < 1.29 is 17.9 Å². The zero-order valence-electron chi connectivity index (χ0n) is 9.56. The molecule has 2 nitrogen and oxygen atoms in total. The lowest BCUT2D eigenvalue weighted by Crippen LogP contribution is -2.19. The van der Waals surface area contributed by atoms with Crippen LogP contribution < -0.4 is 5.32 Å². The third kappa shape index (κ3) is 3.29. The Kier molecular flexibility index (Phi) is 4.02. The smallest absolute Gasteiger partial charge is 0.381 e. The van der Waals surface area contributed by atoms with Gasteiger partial charge in [0, 0.05) is 13.2 Å². The Labute approximate surface area is 108 Å². The first kappa shape index (κ1) is 13.5. The van der Waals surface area contributed by atoms with Gasteiger partial charge in [-0.05, 0) is 31.0 Å². The number of rotatable bonds is 3. The van der Waals surface area contributed by atoms with Crippen LogP contribution in [-0.2, 0) is 10.9 Å². The van der Waals surface area contributed by atoms with Gasteiger partial charge in [-0.15, -0.1) is 0 Å². The van der Waals surface area contributed by atoms with Crippen LogP contribution >= 0.6 is 11.6 Å². The lowest BCUT2D eigenvalue weighted by Gasteiger charge is -2.15. The summed E-state index contributed by atoms with van der Waals surface area (Å²) in [6.45, 7) is 1.18. The van der Waals surface area contributed by atoms with Gasteiger partial charge < -0.3 is 10.1 Å². The maximum Gasteiger partial charge on any atom is 0.416 e. The van der Waals surface area contributed by atoms with Crippen molar-refractivity contribution >= 4 is 17.3 Å². The Morgan fingerprint density at radius 2 is 2.17 bits per heavy atom. The number of anilines is 1. The summed E-state index contributed by atoms with van der Waals surface area (Å²) in [4.78, 5) is 0. The van der Waals surface area contributed by atoms with Gasteiger partial charge in [0.2, 0.25) is 0 Å². The van der Waals surface area contributed by atoms with Crippen molar-refractivity contribution in [2.24, 2.45) is 0 Å². The Bertz CT molecular complexity index is 416. The second-order valence-electron chi connectivity index (χ2n) is 4.21. The van der Waals surface area contributed by atoms with Crippen LogP contribution in [0.15, 0.2) is 18.2 Å². The van der Waals surface area contributed by atoms with E-state index in [4.69, 9.17) is 16.3 Å². The molecule has 1 aliphatic heterocycles. The predicted octanol–water partition coefficient (Wildman–Crippen LogP) is 3.95. The molecule has 0 radical (unpaired) electrons. The standard InChI is InChI=1S/C12H13ClF3NO/c13-10-4-3-8(12(14,15)16)6-11(10)17-7-9-2-1-5-18-9/h3-4,6,9,17H,1-2,5,7H2. The van der Waals surface area contributed by atoms with E-state index in [1.165, 1.54) is 6.07 Å². The Balaban J connectivity index is 2.06. The molecule has 0 saturated carbocycles. The molecule has 1 aromatic carbocycles. The second-order valence-corrected chi connectivity index (χ2v) is 4.62. The molecule has 2 rings (SSSR count). The molecular weight excluding hydrogens is 267 g/mol. The van der Waals surface area contributed by atoms with Crippen molar-refractivity contribution in [3.63, 3.8) is 0 Å². The summed E-state index contributed by atoms with van der Waals surface area (Å²) in [5.74, 6) is 0. The summed E-state index contributed by atoms with van der Waals surface area (Å²) in [7, 11) is 0. The van der Waals surface area contributed by atoms with E-state index in [0.29, 0.717) is 18.8 Å². The highest BCUT2D eigenvalue weighted by Gasteiger charge is 2.31. The van der Waals surface area contributed by atoms with E-state index in [1.807, 2.05) is 0 Å². The Morgan fingerprint density at radius 1 is 1.39 bits per heavy atom. The van der Waals surface area contributed by atoms with Crippen molar-refractivity contribution in [2.75, 3.05) is 18.5 Å². The van der Waals surface area contributed by atoms with E-state index in [-0.39, 0.29) is 11.1 Å². The predicted molar refractivity (Wildman–Crippen MR) is 63.9 cm³/mol. The lowest BCUT2D eigenvalue weighted by atomic mass is 10.2. The molecule has 18 heavy (non-hydrogen) atoms. The van der Waals surface area contributed by atoms with Crippen LogP contribution in [0.2, 0.25) is 5.02 Å². The van der Waals surface area contributed by atoms with Crippen LogP contribution in [0.5, 0.6) is 0 Å². The molecule has 0 aromatic heterocycles. The number of hydrogen-bond donors (Lipinski definition) is 1. The van der Waals surface area contributed by atoms with Crippen molar-refractivity contribution in [1.82, 2.24) is 0 Å². The fourth-order valence-electron chi connectivity index (χ4n) is 1.87. The van der Waals surface area contributed by atoms with Gasteiger partial charge in [0.05, 0.1) is 22.4 Å². The third-order valence-corrected chi connectivity index (χ3v) is 3.17. The summed E-state index contributed by atoms with van der Waals surface area (Å²) in [6.07, 6.45) is -2.40. The fourth-order valence-corrected chi connectivity index (χ4v) is 2.05. The second kappa shape index (κ2) is 5.36. The molecule has 6 heteroatoms. The van der Waals surface area contributed by atoms with Gasteiger partial charge in [0.15, 0.2) is 0 Å². The van der Waals surface area contributed by atoms with Gasteiger partial charge in [0.1, 0.15) is 0 Å². The number of ether oxygens (including phenoxy) is 1. The Morgan fingerprint density at radius 3 is 2.78 bits per heavy atom. The molecule has 1 fully saturated rings. The van der Waals surface area contributed by atoms with Crippen LogP contribution in [0.4, 0.5) is 18.9 Å². The summed E-state index contributed by atoms with van der Waals surface area (Å²) in [5, 5.41) is 3.19. The molecular formula is C12H13ClF3NO. The van der Waals surface area contributed by atoms with Crippen LogP contribution in [0.25, 0.3) is 0 Å². The molecule has 0 amide bonds. The first-order valence-electron chi connectivity index (χ1n) is 5.69. The number of alkyl halides is 3. The zero-order chi connectivity index (χ0) is 13.2. The van der Waals surface area contributed by atoms with Crippen molar-refractivity contribution in [2.45, 2.75) is 25.1 Å². The first-order valence-corrected chi connectivity index (χ1v) is 6.07. The van der Waals surface area contributed by atoms with Crippen LogP contribution in [-0.4, -0.2) is 19.3 Å². The van der Waals surface area contributed by atoms with Crippen molar-refractivity contribution in [3.05, 3.63) is 28.8 Å². The SMILES string of the molecule is FC(F)(F)c1ccc(Cl)c(NCC2CCCO2)c1. The van der Waals surface area contributed by atoms with E-state index in [2.05, 4.69) is 5.32 Å². The molecule has 1 heterocycles. The largest absolute Gasteiger partial charge is 0.416 e. The third-order valence-electron chi connectivity index (χ3n) is 2.84.